The fourth-order valence-corrected chi connectivity index (χ4v) is 2.70. The molecule has 1 unspecified atom stereocenters. The molecule has 108 valence electrons. The van der Waals surface area contributed by atoms with Crippen molar-refractivity contribution in [3.05, 3.63) is 64.0 Å². The van der Waals surface area contributed by atoms with Crippen molar-refractivity contribution in [1.82, 2.24) is 10.3 Å². The SMILES string of the molecule is CNC(Cc1nc2ccccc2o1)c1ccc(Br)c(C)c1. The van der Waals surface area contributed by atoms with Gasteiger partial charge >= 0.3 is 0 Å². The van der Waals surface area contributed by atoms with Gasteiger partial charge in [0.1, 0.15) is 5.52 Å². The number of hydrogen-bond acceptors (Lipinski definition) is 3. The predicted molar refractivity (Wildman–Crippen MR) is 88.4 cm³/mol. The predicted octanol–water partition coefficient (Wildman–Crippen LogP) is 4.40. The van der Waals surface area contributed by atoms with Gasteiger partial charge in [-0.15, -0.1) is 0 Å². The van der Waals surface area contributed by atoms with Gasteiger partial charge in [0.2, 0.25) is 0 Å². The number of aromatic nitrogens is 1. The van der Waals surface area contributed by atoms with Crippen LogP contribution in [0.5, 0.6) is 0 Å². The van der Waals surface area contributed by atoms with E-state index < -0.39 is 0 Å². The molecule has 0 saturated carbocycles. The molecule has 0 radical (unpaired) electrons. The zero-order valence-corrected chi connectivity index (χ0v) is 13.6. The topological polar surface area (TPSA) is 38.1 Å². The van der Waals surface area contributed by atoms with E-state index in [9.17, 15) is 0 Å². The van der Waals surface area contributed by atoms with Crippen molar-refractivity contribution < 1.29 is 4.42 Å². The van der Waals surface area contributed by atoms with Gasteiger partial charge < -0.3 is 9.73 Å². The average molecular weight is 345 g/mol. The third-order valence-corrected chi connectivity index (χ3v) is 4.54. The molecule has 1 aromatic heterocycles. The van der Waals surface area contributed by atoms with Gasteiger partial charge in [-0.1, -0.05) is 40.2 Å². The normalized spacial score (nSPS) is 12.7. The van der Waals surface area contributed by atoms with Crippen LogP contribution in [0.25, 0.3) is 11.1 Å². The molecule has 1 N–H and O–H groups in total. The Morgan fingerprint density at radius 2 is 2.05 bits per heavy atom. The summed E-state index contributed by atoms with van der Waals surface area (Å²) in [5, 5.41) is 3.34. The van der Waals surface area contributed by atoms with Crippen LogP contribution in [0.15, 0.2) is 51.4 Å². The van der Waals surface area contributed by atoms with E-state index in [0.29, 0.717) is 0 Å². The molecule has 1 atom stereocenters. The van der Waals surface area contributed by atoms with E-state index in [-0.39, 0.29) is 6.04 Å². The highest BCUT2D eigenvalue weighted by Gasteiger charge is 2.15. The summed E-state index contributed by atoms with van der Waals surface area (Å²) in [7, 11) is 1.96. The van der Waals surface area contributed by atoms with Crippen LogP contribution < -0.4 is 5.32 Å². The van der Waals surface area contributed by atoms with E-state index in [1.807, 2.05) is 31.3 Å². The molecule has 0 amide bonds. The number of nitrogens with zero attached hydrogens (tertiary/aromatic N) is 1. The van der Waals surface area contributed by atoms with Gasteiger partial charge in [-0.05, 0) is 43.3 Å². The summed E-state index contributed by atoms with van der Waals surface area (Å²) in [5.74, 6) is 0.760. The maximum absolute atomic E-state index is 5.82. The third-order valence-electron chi connectivity index (χ3n) is 3.65. The number of halogens is 1. The molecule has 0 aliphatic carbocycles. The Bertz CT molecular complexity index is 733. The lowest BCUT2D eigenvalue weighted by atomic mass is 10.0. The van der Waals surface area contributed by atoms with Gasteiger partial charge in [-0.25, -0.2) is 4.98 Å². The van der Waals surface area contributed by atoms with Crippen LogP contribution in [0, 0.1) is 6.92 Å². The van der Waals surface area contributed by atoms with Crippen LogP contribution in [0.1, 0.15) is 23.1 Å². The van der Waals surface area contributed by atoms with Gasteiger partial charge in [-0.2, -0.15) is 0 Å². The van der Waals surface area contributed by atoms with Crippen molar-refractivity contribution in [2.75, 3.05) is 7.05 Å². The van der Waals surface area contributed by atoms with Crippen molar-refractivity contribution in [3.63, 3.8) is 0 Å². The molecule has 1 heterocycles. The molecular weight excluding hydrogens is 328 g/mol. The summed E-state index contributed by atoms with van der Waals surface area (Å²) in [6.07, 6.45) is 0.728. The van der Waals surface area contributed by atoms with Crippen LogP contribution in [0.2, 0.25) is 0 Å². The summed E-state index contributed by atoms with van der Waals surface area (Å²) in [6, 6.07) is 14.4. The second-order valence-corrected chi connectivity index (χ2v) is 5.98. The van der Waals surface area contributed by atoms with E-state index >= 15 is 0 Å². The van der Waals surface area contributed by atoms with Gasteiger partial charge in [0.05, 0.1) is 0 Å². The molecule has 21 heavy (non-hydrogen) atoms. The zero-order valence-electron chi connectivity index (χ0n) is 12.1. The number of para-hydroxylation sites is 2. The number of nitrogens with one attached hydrogen (secondary N) is 1. The van der Waals surface area contributed by atoms with Crippen molar-refractivity contribution in [3.8, 4) is 0 Å². The van der Waals surface area contributed by atoms with Gasteiger partial charge in [0.15, 0.2) is 11.5 Å². The number of hydrogen-bond donors (Lipinski definition) is 1. The Balaban J connectivity index is 1.88. The van der Waals surface area contributed by atoms with Crippen LogP contribution in [-0.2, 0) is 6.42 Å². The Labute approximate surface area is 132 Å². The van der Waals surface area contributed by atoms with Gasteiger partial charge in [0, 0.05) is 16.9 Å². The van der Waals surface area contributed by atoms with Crippen LogP contribution in [-0.4, -0.2) is 12.0 Å². The Kier molecular flexibility index (Phi) is 4.08. The largest absolute Gasteiger partial charge is 0.441 e. The lowest BCUT2D eigenvalue weighted by Gasteiger charge is -2.15. The summed E-state index contributed by atoms with van der Waals surface area (Å²) < 4.78 is 6.94. The first-order valence-electron chi connectivity index (χ1n) is 6.95. The van der Waals surface area contributed by atoms with Crippen LogP contribution >= 0.6 is 15.9 Å². The average Bonchev–Trinajstić information content (AvgIpc) is 2.90. The van der Waals surface area contributed by atoms with E-state index in [1.54, 1.807) is 0 Å². The summed E-state index contributed by atoms with van der Waals surface area (Å²) in [6.45, 7) is 2.10. The second kappa shape index (κ2) is 6.00. The highest BCUT2D eigenvalue weighted by molar-refractivity contribution is 9.10. The number of benzene rings is 2. The second-order valence-electron chi connectivity index (χ2n) is 5.13. The van der Waals surface area contributed by atoms with Crippen LogP contribution in [0.4, 0.5) is 0 Å². The summed E-state index contributed by atoms with van der Waals surface area (Å²) >= 11 is 3.54. The van der Waals surface area contributed by atoms with Gasteiger partial charge in [0.25, 0.3) is 0 Å². The van der Waals surface area contributed by atoms with E-state index in [2.05, 4.69) is 51.4 Å². The van der Waals surface area contributed by atoms with Crippen molar-refractivity contribution in [1.29, 1.82) is 0 Å². The standard InChI is InChI=1S/C17H17BrN2O/c1-11-9-12(7-8-13(11)18)15(19-2)10-17-20-14-5-3-4-6-16(14)21-17/h3-9,15,19H,10H2,1-2H3. The third kappa shape index (κ3) is 3.01. The molecule has 2 aromatic carbocycles. The Hall–Kier alpha value is -1.65. The first-order chi connectivity index (χ1) is 10.2. The lowest BCUT2D eigenvalue weighted by Crippen LogP contribution is -2.19. The number of aryl methyl sites for hydroxylation is 1. The first-order valence-corrected chi connectivity index (χ1v) is 7.74. The number of fused-ring (bicyclic) bond motifs is 1. The molecule has 0 saturated heterocycles. The van der Waals surface area contributed by atoms with E-state index in [4.69, 9.17) is 4.42 Å². The molecule has 0 aliphatic heterocycles. The van der Waals surface area contributed by atoms with Crippen LogP contribution in [0.3, 0.4) is 0 Å². The highest BCUT2D eigenvalue weighted by Crippen LogP contribution is 2.24. The van der Waals surface area contributed by atoms with Crippen molar-refractivity contribution in [2.24, 2.45) is 0 Å². The smallest absolute Gasteiger partial charge is 0.197 e. The minimum Gasteiger partial charge on any atom is -0.441 e. The number of likely N-dealkylation sites (N-methyl/N-ethyl adjacent to an activating group) is 1. The summed E-state index contributed by atoms with van der Waals surface area (Å²) in [4.78, 5) is 4.55. The minimum atomic E-state index is 0.185. The molecule has 4 heteroatoms. The molecule has 3 nitrogen and oxygen atoms in total. The number of oxazole rings is 1. The Morgan fingerprint density at radius 1 is 1.24 bits per heavy atom. The fourth-order valence-electron chi connectivity index (χ4n) is 2.45. The molecule has 0 bridgehead atoms. The molecule has 0 aliphatic rings. The molecule has 3 aromatic rings. The van der Waals surface area contributed by atoms with E-state index in [1.165, 1.54) is 11.1 Å². The van der Waals surface area contributed by atoms with Crippen molar-refractivity contribution in [2.45, 2.75) is 19.4 Å². The maximum Gasteiger partial charge on any atom is 0.197 e. The molecule has 3 rings (SSSR count). The minimum absolute atomic E-state index is 0.185. The lowest BCUT2D eigenvalue weighted by molar-refractivity contribution is 0.473. The quantitative estimate of drug-likeness (QED) is 0.762. The zero-order chi connectivity index (χ0) is 14.8. The van der Waals surface area contributed by atoms with E-state index in [0.717, 1.165) is 27.9 Å². The molecule has 0 spiro atoms. The first kappa shape index (κ1) is 14.3. The highest BCUT2D eigenvalue weighted by atomic mass is 79.9. The molecular formula is C17H17BrN2O. The molecule has 0 fully saturated rings. The van der Waals surface area contributed by atoms with Gasteiger partial charge in [-0.3, -0.25) is 0 Å². The monoisotopic (exact) mass is 344 g/mol. The number of rotatable bonds is 4. The summed E-state index contributed by atoms with van der Waals surface area (Å²) in [5.41, 5.74) is 4.22. The fraction of sp³-hybridized carbons (Fsp3) is 0.235. The Morgan fingerprint density at radius 3 is 2.76 bits per heavy atom. The maximum atomic E-state index is 5.82. The van der Waals surface area contributed by atoms with Crippen molar-refractivity contribution >= 4 is 27.0 Å².